The van der Waals surface area contributed by atoms with Crippen LogP contribution in [0.2, 0.25) is 0 Å². The summed E-state index contributed by atoms with van der Waals surface area (Å²) in [7, 11) is -4.42. The van der Waals surface area contributed by atoms with E-state index in [1.54, 1.807) is 0 Å². The van der Waals surface area contributed by atoms with Crippen molar-refractivity contribution in [2.45, 2.75) is 18.5 Å². The summed E-state index contributed by atoms with van der Waals surface area (Å²) in [4.78, 5) is 58.2. The first-order valence-corrected chi connectivity index (χ1v) is 12.3. The van der Waals surface area contributed by atoms with Crippen LogP contribution in [0.25, 0.3) is 0 Å². The highest BCUT2D eigenvalue weighted by molar-refractivity contribution is 7.51. The molecule has 2 aliphatic rings. The van der Waals surface area contributed by atoms with Gasteiger partial charge in [0.15, 0.2) is 11.4 Å². The van der Waals surface area contributed by atoms with Crippen molar-refractivity contribution < 1.29 is 42.6 Å². The van der Waals surface area contributed by atoms with E-state index in [4.69, 9.17) is 4.74 Å². The Morgan fingerprint density at radius 1 is 1.26 bits per heavy atom. The number of benzene rings is 1. The molecule has 1 aromatic heterocycles. The molecule has 2 amide bonds. The van der Waals surface area contributed by atoms with Crippen molar-refractivity contribution in [3.63, 3.8) is 0 Å². The van der Waals surface area contributed by atoms with Crippen LogP contribution in [0.3, 0.4) is 0 Å². The van der Waals surface area contributed by atoms with Crippen LogP contribution < -0.4 is 10.7 Å². The fraction of sp³-hybridized carbons (Fsp3) is 0.381. The predicted octanol–water partition coefficient (Wildman–Crippen LogP) is 0.511. The Labute approximate surface area is 197 Å². The van der Waals surface area contributed by atoms with E-state index < -0.39 is 65.2 Å². The van der Waals surface area contributed by atoms with Gasteiger partial charge in [-0.3, -0.25) is 18.9 Å². The first-order valence-electron chi connectivity index (χ1n) is 10.5. The average Bonchev–Trinajstić information content (AvgIpc) is 3.25. The van der Waals surface area contributed by atoms with E-state index in [0.29, 0.717) is 12.5 Å². The fourth-order valence-electron chi connectivity index (χ4n) is 4.27. The Morgan fingerprint density at radius 2 is 2.00 bits per heavy atom. The summed E-state index contributed by atoms with van der Waals surface area (Å²) < 4.78 is 45.1. The van der Waals surface area contributed by atoms with E-state index in [1.807, 2.05) is 0 Å². The van der Waals surface area contributed by atoms with Crippen molar-refractivity contribution in [2.75, 3.05) is 32.5 Å². The Kier molecular flexibility index (Phi) is 6.54. The molecule has 0 radical (unpaired) electrons. The molecule has 0 saturated carbocycles. The van der Waals surface area contributed by atoms with Gasteiger partial charge in [-0.2, -0.15) is 0 Å². The van der Waals surface area contributed by atoms with Crippen LogP contribution in [0.4, 0.5) is 8.78 Å². The van der Waals surface area contributed by atoms with Crippen molar-refractivity contribution >= 4 is 19.4 Å². The summed E-state index contributed by atoms with van der Waals surface area (Å²) in [5.41, 5.74) is -3.08. The highest BCUT2D eigenvalue weighted by Crippen LogP contribution is 2.38. The SMILES string of the molecule is O=C(NCc1ccc(F)cc1F)c1cn2c(c(O)c1=O)C(=O)N(CCP(=O)(O)O)C[C@]21CCOC1. The molecule has 1 saturated heterocycles. The third-order valence-corrected chi connectivity index (χ3v) is 6.89. The number of amides is 2. The number of nitrogens with one attached hydrogen (secondary N) is 1. The van der Waals surface area contributed by atoms with Gasteiger partial charge in [-0.05, 0) is 12.5 Å². The van der Waals surface area contributed by atoms with Gasteiger partial charge in [-0.15, -0.1) is 0 Å². The molecule has 0 aliphatic carbocycles. The number of aromatic hydroxyl groups is 1. The van der Waals surface area contributed by atoms with Gasteiger partial charge in [-0.1, -0.05) is 6.07 Å². The van der Waals surface area contributed by atoms with Crippen LogP contribution in [0, 0.1) is 11.6 Å². The quantitative estimate of drug-likeness (QED) is 0.407. The smallest absolute Gasteiger partial charge is 0.327 e. The Morgan fingerprint density at radius 3 is 2.63 bits per heavy atom. The summed E-state index contributed by atoms with van der Waals surface area (Å²) in [5, 5.41) is 13.0. The summed E-state index contributed by atoms with van der Waals surface area (Å²) >= 11 is 0. The van der Waals surface area contributed by atoms with E-state index in [1.165, 1.54) is 4.57 Å². The summed E-state index contributed by atoms with van der Waals surface area (Å²) in [5.74, 6) is -4.46. The van der Waals surface area contributed by atoms with Crippen LogP contribution in [-0.2, 0) is 21.4 Å². The molecule has 35 heavy (non-hydrogen) atoms. The summed E-state index contributed by atoms with van der Waals surface area (Å²) in [6, 6.07) is 2.80. The van der Waals surface area contributed by atoms with Crippen LogP contribution in [0.15, 0.2) is 29.2 Å². The number of rotatable bonds is 6. The second-order valence-electron chi connectivity index (χ2n) is 8.50. The van der Waals surface area contributed by atoms with E-state index in [9.17, 15) is 42.6 Å². The summed E-state index contributed by atoms with van der Waals surface area (Å²) in [6.45, 7) is -0.370. The molecule has 2 aromatic rings. The second-order valence-corrected chi connectivity index (χ2v) is 10.3. The Bertz CT molecular complexity index is 1300. The van der Waals surface area contributed by atoms with E-state index in [-0.39, 0.29) is 38.4 Å². The third kappa shape index (κ3) is 4.85. The van der Waals surface area contributed by atoms with Gasteiger partial charge in [0.1, 0.15) is 17.2 Å². The van der Waals surface area contributed by atoms with Gasteiger partial charge in [0.05, 0.1) is 18.3 Å². The second kappa shape index (κ2) is 9.15. The lowest BCUT2D eigenvalue weighted by molar-refractivity contribution is 0.0510. The number of hydrogen-bond acceptors (Lipinski definition) is 6. The third-order valence-electron chi connectivity index (χ3n) is 6.11. The van der Waals surface area contributed by atoms with Crippen molar-refractivity contribution in [3.05, 3.63) is 63.1 Å². The standard InChI is InChI=1S/C21H22F2N3O8P/c22-13-2-1-12(15(23)7-13)8-24-19(29)14-9-26-16(18(28)17(14)27)20(30)25(4-6-35(31,32)33)10-21(26)3-5-34-11-21/h1-2,7,9,28H,3-6,8,10-11H2,(H,24,29)(H2,31,32,33)/t21-/m0/s1. The summed E-state index contributed by atoms with van der Waals surface area (Å²) in [6.07, 6.45) is 0.853. The van der Waals surface area contributed by atoms with Crippen molar-refractivity contribution in [3.8, 4) is 5.75 Å². The Hall–Kier alpha value is -3.12. The molecule has 1 aromatic carbocycles. The lowest BCUT2D eigenvalue weighted by atomic mass is 9.92. The van der Waals surface area contributed by atoms with Gasteiger partial charge in [-0.25, -0.2) is 8.78 Å². The molecule has 4 N–H and O–H groups in total. The van der Waals surface area contributed by atoms with Crippen molar-refractivity contribution in [1.82, 2.24) is 14.8 Å². The van der Waals surface area contributed by atoms with Crippen LogP contribution in [0.5, 0.6) is 5.75 Å². The molecule has 1 fully saturated rings. The minimum Gasteiger partial charge on any atom is -0.503 e. The molecule has 0 bridgehead atoms. The van der Waals surface area contributed by atoms with E-state index >= 15 is 0 Å². The molecular weight excluding hydrogens is 491 g/mol. The van der Waals surface area contributed by atoms with E-state index in [0.717, 1.165) is 23.2 Å². The molecule has 1 atom stereocenters. The molecule has 4 rings (SSSR count). The van der Waals surface area contributed by atoms with Gasteiger partial charge < -0.3 is 34.4 Å². The molecule has 0 unspecified atom stereocenters. The normalized spacial score (nSPS) is 19.8. The number of halogens is 2. The number of carbonyl (C=O) groups is 2. The van der Waals surface area contributed by atoms with Crippen LogP contribution in [-0.4, -0.2) is 68.6 Å². The van der Waals surface area contributed by atoms with Crippen LogP contribution >= 0.6 is 7.60 Å². The molecule has 1 spiro atoms. The van der Waals surface area contributed by atoms with Gasteiger partial charge in [0, 0.05) is 44.1 Å². The first kappa shape index (κ1) is 25.0. The predicted molar refractivity (Wildman–Crippen MR) is 116 cm³/mol. The van der Waals surface area contributed by atoms with E-state index in [2.05, 4.69) is 5.32 Å². The molecule has 188 valence electrons. The minimum atomic E-state index is -4.42. The van der Waals surface area contributed by atoms with Crippen LogP contribution in [0.1, 0.15) is 32.8 Å². The zero-order valence-electron chi connectivity index (χ0n) is 18.2. The maximum absolute atomic E-state index is 13.9. The van der Waals surface area contributed by atoms with Gasteiger partial charge in [0.2, 0.25) is 5.43 Å². The largest absolute Gasteiger partial charge is 0.503 e. The van der Waals surface area contributed by atoms with Gasteiger partial charge >= 0.3 is 7.60 Å². The lowest BCUT2D eigenvalue weighted by Gasteiger charge is -2.42. The zero-order valence-corrected chi connectivity index (χ0v) is 19.1. The maximum atomic E-state index is 13.9. The first-order chi connectivity index (χ1) is 16.4. The molecule has 14 heteroatoms. The number of nitrogens with zero attached hydrogens (tertiary/aromatic N) is 2. The number of hydrogen-bond donors (Lipinski definition) is 4. The number of carbonyl (C=O) groups excluding carboxylic acids is 2. The number of ether oxygens (including phenoxy) is 1. The average molecular weight is 513 g/mol. The number of fused-ring (bicyclic) bond motifs is 2. The van der Waals surface area contributed by atoms with Crippen molar-refractivity contribution in [1.29, 1.82) is 0 Å². The lowest BCUT2D eigenvalue weighted by Crippen LogP contribution is -2.56. The molecular formula is C21H22F2N3O8P. The molecule has 11 nitrogen and oxygen atoms in total. The topological polar surface area (TPSA) is 158 Å². The number of aromatic nitrogens is 1. The zero-order chi connectivity index (χ0) is 25.5. The maximum Gasteiger partial charge on any atom is 0.327 e. The highest BCUT2D eigenvalue weighted by atomic mass is 31.2. The molecule has 2 aliphatic heterocycles. The molecule has 3 heterocycles. The monoisotopic (exact) mass is 513 g/mol. The fourth-order valence-corrected chi connectivity index (χ4v) is 4.78. The number of pyridine rings is 1. The minimum absolute atomic E-state index is 0.0248. The highest BCUT2D eigenvalue weighted by Gasteiger charge is 2.47. The Balaban J connectivity index is 1.69. The van der Waals surface area contributed by atoms with Gasteiger partial charge in [0.25, 0.3) is 11.8 Å². The van der Waals surface area contributed by atoms with Crippen molar-refractivity contribution in [2.24, 2.45) is 0 Å².